The van der Waals surface area contributed by atoms with E-state index in [2.05, 4.69) is 11.9 Å². The van der Waals surface area contributed by atoms with E-state index in [9.17, 15) is 14.7 Å². The number of aliphatic carboxylic acids is 1. The number of hydrogen-bond acceptors (Lipinski definition) is 2. The van der Waals surface area contributed by atoms with Crippen molar-refractivity contribution < 1.29 is 14.7 Å². The van der Waals surface area contributed by atoms with Gasteiger partial charge < -0.3 is 10.4 Å². The van der Waals surface area contributed by atoms with E-state index in [1.165, 1.54) is 0 Å². The van der Waals surface area contributed by atoms with Gasteiger partial charge in [-0.2, -0.15) is 0 Å². The van der Waals surface area contributed by atoms with Gasteiger partial charge in [-0.05, 0) is 35.6 Å². The van der Waals surface area contributed by atoms with Gasteiger partial charge in [-0.3, -0.25) is 4.79 Å². The largest absolute Gasteiger partial charge is 0.480 e. The van der Waals surface area contributed by atoms with E-state index in [1.807, 2.05) is 48.5 Å². The monoisotopic (exact) mass is 353 g/mol. The molecule has 2 aromatic rings. The molecular weight excluding hydrogens is 326 g/mol. The molecule has 0 bridgehead atoms. The Morgan fingerprint density at radius 3 is 2.50 bits per heavy atom. The predicted octanol–water partition coefficient (Wildman–Crippen LogP) is 4.48. The van der Waals surface area contributed by atoms with Gasteiger partial charge in [0.1, 0.15) is 6.04 Å². The first kappa shape index (κ1) is 19.7. The van der Waals surface area contributed by atoms with Crippen molar-refractivity contribution in [1.29, 1.82) is 0 Å². The fourth-order valence-electron chi connectivity index (χ4n) is 3.03. The second kappa shape index (κ2) is 10.4. The molecule has 4 nitrogen and oxygen atoms in total. The van der Waals surface area contributed by atoms with Gasteiger partial charge in [0.25, 0.3) is 0 Å². The number of benzene rings is 2. The number of allylic oxidation sites excluding steroid dienone is 1. The third kappa shape index (κ3) is 6.36. The van der Waals surface area contributed by atoms with Crippen molar-refractivity contribution in [3.8, 4) is 0 Å². The van der Waals surface area contributed by atoms with E-state index in [0.717, 1.165) is 48.4 Å². The number of carbonyl (C=O) groups excluding carboxylic acids is 1. The van der Waals surface area contributed by atoms with Crippen LogP contribution in [0.1, 0.15) is 44.1 Å². The van der Waals surface area contributed by atoms with Gasteiger partial charge >= 0.3 is 5.97 Å². The molecule has 0 aliphatic rings. The fraction of sp³-hybridized carbons (Fsp3) is 0.364. The summed E-state index contributed by atoms with van der Waals surface area (Å²) in [6.07, 6.45) is 7.44. The Hall–Kier alpha value is -2.62. The molecule has 0 saturated heterocycles. The highest BCUT2D eigenvalue weighted by atomic mass is 16.4. The summed E-state index contributed by atoms with van der Waals surface area (Å²) < 4.78 is 0. The lowest BCUT2D eigenvalue weighted by Gasteiger charge is -2.14. The fourth-order valence-corrected chi connectivity index (χ4v) is 3.03. The van der Waals surface area contributed by atoms with Gasteiger partial charge in [0, 0.05) is 0 Å². The van der Waals surface area contributed by atoms with Crippen LogP contribution in [0.5, 0.6) is 0 Å². The van der Waals surface area contributed by atoms with E-state index in [0.29, 0.717) is 6.42 Å². The summed E-state index contributed by atoms with van der Waals surface area (Å²) in [4.78, 5) is 23.7. The lowest BCUT2D eigenvalue weighted by molar-refractivity contribution is -0.142. The predicted molar refractivity (Wildman–Crippen MR) is 105 cm³/mol. The first-order chi connectivity index (χ1) is 12.6. The van der Waals surface area contributed by atoms with Crippen LogP contribution in [0.15, 0.2) is 55.1 Å². The average Bonchev–Trinajstić information content (AvgIpc) is 2.63. The number of fused-ring (bicyclic) bond motifs is 1. The Labute approximate surface area is 154 Å². The Balaban J connectivity index is 1.84. The van der Waals surface area contributed by atoms with Crippen LogP contribution in [-0.4, -0.2) is 23.0 Å². The average molecular weight is 353 g/mol. The van der Waals surface area contributed by atoms with Gasteiger partial charge in [-0.1, -0.05) is 67.8 Å². The third-order valence-corrected chi connectivity index (χ3v) is 4.46. The first-order valence-electron chi connectivity index (χ1n) is 9.21. The minimum atomic E-state index is -0.969. The van der Waals surface area contributed by atoms with Crippen molar-refractivity contribution in [1.82, 2.24) is 5.32 Å². The molecule has 138 valence electrons. The Morgan fingerprint density at radius 2 is 1.77 bits per heavy atom. The maximum Gasteiger partial charge on any atom is 0.326 e. The van der Waals surface area contributed by atoms with Crippen LogP contribution in [0.25, 0.3) is 10.8 Å². The number of unbranched alkanes of at least 4 members (excludes halogenated alkanes) is 4. The van der Waals surface area contributed by atoms with Crippen LogP contribution in [0.2, 0.25) is 0 Å². The quantitative estimate of drug-likeness (QED) is 0.462. The molecule has 0 heterocycles. The summed E-state index contributed by atoms with van der Waals surface area (Å²) in [5, 5.41) is 14.2. The normalized spacial score (nSPS) is 11.8. The first-order valence-corrected chi connectivity index (χ1v) is 9.21. The van der Waals surface area contributed by atoms with Crippen LogP contribution < -0.4 is 5.32 Å². The van der Waals surface area contributed by atoms with E-state index < -0.39 is 12.0 Å². The van der Waals surface area contributed by atoms with E-state index >= 15 is 0 Å². The maximum atomic E-state index is 12.3. The molecule has 1 amide bonds. The summed E-state index contributed by atoms with van der Waals surface area (Å²) in [5.41, 5.74) is 0.884. The van der Waals surface area contributed by atoms with Crippen LogP contribution in [-0.2, 0) is 16.0 Å². The van der Waals surface area contributed by atoms with Crippen molar-refractivity contribution in [2.75, 3.05) is 0 Å². The summed E-state index contributed by atoms with van der Waals surface area (Å²) in [6.45, 7) is 3.69. The second-order valence-electron chi connectivity index (χ2n) is 6.60. The molecular formula is C22H27NO3. The molecule has 2 rings (SSSR count). The number of carboxylic acids is 1. The Kier molecular flexibility index (Phi) is 7.87. The van der Waals surface area contributed by atoms with Crippen molar-refractivity contribution >= 4 is 22.6 Å². The van der Waals surface area contributed by atoms with Gasteiger partial charge in [0.15, 0.2) is 0 Å². The van der Waals surface area contributed by atoms with Crippen LogP contribution in [0, 0.1) is 0 Å². The molecule has 1 atom stereocenters. The van der Waals surface area contributed by atoms with E-state index in [4.69, 9.17) is 0 Å². The molecule has 0 aliphatic heterocycles. The molecule has 0 aliphatic carbocycles. The van der Waals surface area contributed by atoms with E-state index in [-0.39, 0.29) is 12.3 Å². The zero-order chi connectivity index (χ0) is 18.8. The molecule has 26 heavy (non-hydrogen) atoms. The van der Waals surface area contributed by atoms with Crippen LogP contribution >= 0.6 is 0 Å². The van der Waals surface area contributed by atoms with Crippen molar-refractivity contribution in [3.05, 3.63) is 60.7 Å². The van der Waals surface area contributed by atoms with E-state index in [1.54, 1.807) is 0 Å². The lowest BCUT2D eigenvalue weighted by Crippen LogP contribution is -2.41. The van der Waals surface area contributed by atoms with Crippen molar-refractivity contribution in [3.63, 3.8) is 0 Å². The Bertz CT molecular complexity index is 754. The van der Waals surface area contributed by atoms with Crippen molar-refractivity contribution in [2.45, 2.75) is 51.0 Å². The van der Waals surface area contributed by atoms with Crippen LogP contribution in [0.4, 0.5) is 0 Å². The number of hydrogen-bond donors (Lipinski definition) is 2. The molecule has 2 aromatic carbocycles. The molecule has 0 spiro atoms. The van der Waals surface area contributed by atoms with Gasteiger partial charge in [-0.15, -0.1) is 6.58 Å². The number of carboxylic acid groups (broad SMARTS) is 1. The molecule has 0 radical (unpaired) electrons. The number of amides is 1. The molecule has 0 fully saturated rings. The minimum absolute atomic E-state index is 0.188. The summed E-state index contributed by atoms with van der Waals surface area (Å²) >= 11 is 0. The zero-order valence-corrected chi connectivity index (χ0v) is 15.1. The highest BCUT2D eigenvalue weighted by molar-refractivity contribution is 5.87. The highest BCUT2D eigenvalue weighted by Crippen LogP contribution is 2.16. The molecule has 2 N–H and O–H groups in total. The Morgan fingerprint density at radius 1 is 1.04 bits per heavy atom. The highest BCUT2D eigenvalue weighted by Gasteiger charge is 2.19. The number of nitrogens with one attached hydrogen (secondary N) is 1. The maximum absolute atomic E-state index is 12.3. The molecule has 0 aromatic heterocycles. The minimum Gasteiger partial charge on any atom is -0.480 e. The SMILES string of the molecule is C=CCCCCCC[C@@H](NC(=O)Cc1ccc2ccccc2c1)C(=O)O. The molecule has 0 unspecified atom stereocenters. The smallest absolute Gasteiger partial charge is 0.326 e. The lowest BCUT2D eigenvalue weighted by atomic mass is 10.0. The topological polar surface area (TPSA) is 66.4 Å². The standard InChI is InChI=1S/C22H27NO3/c1-2-3-4-5-6-7-12-20(22(25)26)23-21(24)16-17-13-14-18-10-8-9-11-19(18)15-17/h2,8-11,13-15,20H,1,3-7,12,16H2,(H,23,24)(H,25,26)/t20-/m1/s1. The zero-order valence-electron chi connectivity index (χ0n) is 15.1. The number of rotatable bonds is 11. The third-order valence-electron chi connectivity index (χ3n) is 4.46. The van der Waals surface area contributed by atoms with Gasteiger partial charge in [-0.25, -0.2) is 4.79 Å². The molecule has 0 saturated carbocycles. The second-order valence-corrected chi connectivity index (χ2v) is 6.60. The van der Waals surface area contributed by atoms with Crippen LogP contribution in [0.3, 0.4) is 0 Å². The summed E-state index contributed by atoms with van der Waals surface area (Å²) in [7, 11) is 0. The number of carbonyl (C=O) groups is 2. The molecule has 4 heteroatoms. The van der Waals surface area contributed by atoms with Crippen molar-refractivity contribution in [2.24, 2.45) is 0 Å². The summed E-state index contributed by atoms with van der Waals surface area (Å²) in [5.74, 6) is -1.22. The summed E-state index contributed by atoms with van der Waals surface area (Å²) in [6, 6.07) is 13.0. The van der Waals surface area contributed by atoms with Gasteiger partial charge in [0.05, 0.1) is 6.42 Å². The van der Waals surface area contributed by atoms with Gasteiger partial charge in [0.2, 0.25) is 5.91 Å².